The summed E-state index contributed by atoms with van der Waals surface area (Å²) >= 11 is 0. The lowest BCUT2D eigenvalue weighted by molar-refractivity contribution is 0.193. The molecule has 3 atom stereocenters. The molecule has 2 rings (SSSR count). The minimum absolute atomic E-state index is 0.758. The molecule has 0 radical (unpaired) electrons. The molecule has 0 aromatic rings. The van der Waals surface area contributed by atoms with E-state index in [-0.39, 0.29) is 0 Å². The highest BCUT2D eigenvalue weighted by Gasteiger charge is 2.31. The lowest BCUT2D eigenvalue weighted by Crippen LogP contribution is -2.38. The van der Waals surface area contributed by atoms with E-state index in [0.29, 0.717) is 0 Å². The summed E-state index contributed by atoms with van der Waals surface area (Å²) < 4.78 is 0. The first-order valence-corrected chi connectivity index (χ1v) is 5.71. The third kappa shape index (κ3) is 1.80. The van der Waals surface area contributed by atoms with Crippen LogP contribution in [0.5, 0.6) is 0 Å². The maximum absolute atomic E-state index is 2.69. The van der Waals surface area contributed by atoms with Gasteiger partial charge in [0.05, 0.1) is 0 Å². The summed E-state index contributed by atoms with van der Waals surface area (Å²) in [6.45, 7) is 6.09. The molecule has 1 fully saturated rings. The van der Waals surface area contributed by atoms with Crippen LogP contribution in [-0.2, 0) is 0 Å². The lowest BCUT2D eigenvalue weighted by atomic mass is 9.99. The van der Waals surface area contributed by atoms with Crippen molar-refractivity contribution in [2.75, 3.05) is 6.54 Å². The normalized spacial score (nSPS) is 41.2. The van der Waals surface area contributed by atoms with Gasteiger partial charge in [-0.15, -0.1) is 0 Å². The average molecular weight is 179 g/mol. The molecule has 0 N–H and O–H groups in total. The summed E-state index contributed by atoms with van der Waals surface area (Å²) in [4.78, 5) is 2.69. The molecular formula is C12H21N. The van der Waals surface area contributed by atoms with E-state index in [9.17, 15) is 0 Å². The number of nitrogens with zero attached hydrogens (tertiary/aromatic N) is 1. The fraction of sp³-hybridized carbons (Fsp3) is 0.833. The van der Waals surface area contributed by atoms with Crippen molar-refractivity contribution < 1.29 is 0 Å². The first-order valence-electron chi connectivity index (χ1n) is 5.71. The first kappa shape index (κ1) is 9.26. The molecule has 1 heteroatoms. The van der Waals surface area contributed by atoms with Crippen molar-refractivity contribution in [2.24, 2.45) is 5.92 Å². The Hall–Kier alpha value is -0.300. The maximum Gasteiger partial charge on any atom is 0.0281 e. The van der Waals surface area contributed by atoms with E-state index in [2.05, 4.69) is 30.9 Å². The van der Waals surface area contributed by atoms with Crippen LogP contribution in [0.2, 0.25) is 0 Å². The molecule has 0 spiro atoms. The van der Waals surface area contributed by atoms with Crippen LogP contribution in [-0.4, -0.2) is 23.5 Å². The Bertz CT molecular complexity index is 197. The Morgan fingerprint density at radius 2 is 2.08 bits per heavy atom. The van der Waals surface area contributed by atoms with Gasteiger partial charge in [0, 0.05) is 12.1 Å². The second-order valence-electron chi connectivity index (χ2n) is 4.67. The van der Waals surface area contributed by atoms with E-state index in [0.717, 1.165) is 18.0 Å². The number of hydrogen-bond donors (Lipinski definition) is 0. The predicted molar refractivity (Wildman–Crippen MR) is 56.7 cm³/mol. The second-order valence-corrected chi connectivity index (χ2v) is 4.67. The zero-order valence-electron chi connectivity index (χ0n) is 8.87. The highest BCUT2D eigenvalue weighted by molar-refractivity contribution is 5.01. The molecule has 0 bridgehead atoms. The van der Waals surface area contributed by atoms with Gasteiger partial charge in [-0.05, 0) is 45.1 Å². The summed E-state index contributed by atoms with van der Waals surface area (Å²) in [5.74, 6) is 0.898. The van der Waals surface area contributed by atoms with Crippen molar-refractivity contribution in [3.63, 3.8) is 0 Å². The third-order valence-corrected chi connectivity index (χ3v) is 3.84. The average Bonchev–Trinajstić information content (AvgIpc) is 2.49. The Morgan fingerprint density at radius 1 is 1.23 bits per heavy atom. The summed E-state index contributed by atoms with van der Waals surface area (Å²) in [5.41, 5.74) is 0. The topological polar surface area (TPSA) is 3.24 Å². The lowest BCUT2D eigenvalue weighted by Gasteiger charge is -2.32. The number of likely N-dealkylation sites (tertiary alicyclic amines) is 1. The summed E-state index contributed by atoms with van der Waals surface area (Å²) in [6, 6.07) is 1.56. The Labute approximate surface area is 81.8 Å². The molecule has 13 heavy (non-hydrogen) atoms. The van der Waals surface area contributed by atoms with E-state index in [4.69, 9.17) is 0 Å². The van der Waals surface area contributed by atoms with Gasteiger partial charge in [-0.25, -0.2) is 0 Å². The van der Waals surface area contributed by atoms with E-state index in [1.54, 1.807) is 0 Å². The standard InChI is InChI=1S/C12H21N/c1-10-8-9-13(11(10)2)12-6-4-3-5-7-12/h4,6,10-12H,3,5,7-9H2,1-2H3. The third-order valence-electron chi connectivity index (χ3n) is 3.84. The molecule has 3 unspecified atom stereocenters. The van der Waals surface area contributed by atoms with E-state index in [1.165, 1.54) is 32.2 Å². The monoisotopic (exact) mass is 179 g/mol. The van der Waals surface area contributed by atoms with Gasteiger partial charge in [0.1, 0.15) is 0 Å². The second kappa shape index (κ2) is 3.83. The van der Waals surface area contributed by atoms with Gasteiger partial charge in [0.15, 0.2) is 0 Å². The smallest absolute Gasteiger partial charge is 0.0281 e. The number of allylic oxidation sites excluding steroid dienone is 1. The molecule has 0 aromatic carbocycles. The Morgan fingerprint density at radius 3 is 2.62 bits per heavy atom. The van der Waals surface area contributed by atoms with Crippen molar-refractivity contribution in [3.8, 4) is 0 Å². The fourth-order valence-corrected chi connectivity index (χ4v) is 2.66. The highest BCUT2D eigenvalue weighted by Crippen LogP contribution is 2.29. The van der Waals surface area contributed by atoms with Crippen LogP contribution < -0.4 is 0 Å². The molecule has 1 aliphatic carbocycles. The molecule has 0 aromatic heterocycles. The quantitative estimate of drug-likeness (QED) is 0.559. The van der Waals surface area contributed by atoms with Gasteiger partial charge in [0.2, 0.25) is 0 Å². The van der Waals surface area contributed by atoms with Crippen LogP contribution in [0.4, 0.5) is 0 Å². The minimum atomic E-state index is 0.758. The fourth-order valence-electron chi connectivity index (χ4n) is 2.66. The molecule has 0 saturated carbocycles. The highest BCUT2D eigenvalue weighted by atomic mass is 15.2. The maximum atomic E-state index is 2.69. The number of rotatable bonds is 1. The van der Waals surface area contributed by atoms with E-state index < -0.39 is 0 Å². The van der Waals surface area contributed by atoms with Crippen LogP contribution in [0.15, 0.2) is 12.2 Å². The first-order chi connectivity index (χ1) is 6.29. The van der Waals surface area contributed by atoms with Crippen molar-refractivity contribution in [2.45, 2.75) is 51.6 Å². The molecule has 1 aliphatic heterocycles. The van der Waals surface area contributed by atoms with Gasteiger partial charge in [-0.2, -0.15) is 0 Å². The number of hydrogen-bond acceptors (Lipinski definition) is 1. The molecule has 1 nitrogen and oxygen atoms in total. The Kier molecular flexibility index (Phi) is 2.73. The zero-order valence-corrected chi connectivity index (χ0v) is 8.87. The molecule has 0 amide bonds. The van der Waals surface area contributed by atoms with E-state index >= 15 is 0 Å². The molecule has 74 valence electrons. The molecule has 1 heterocycles. The SMILES string of the molecule is CC1CCN(C2C=CCCC2)C1C. The van der Waals surface area contributed by atoms with Crippen molar-refractivity contribution in [1.82, 2.24) is 4.90 Å². The van der Waals surface area contributed by atoms with Crippen LogP contribution in [0, 0.1) is 5.92 Å². The predicted octanol–water partition coefficient (Wildman–Crippen LogP) is 2.83. The van der Waals surface area contributed by atoms with Crippen LogP contribution in [0.3, 0.4) is 0 Å². The minimum Gasteiger partial charge on any atom is -0.294 e. The zero-order chi connectivity index (χ0) is 9.26. The van der Waals surface area contributed by atoms with Gasteiger partial charge >= 0.3 is 0 Å². The van der Waals surface area contributed by atoms with Crippen LogP contribution in [0.25, 0.3) is 0 Å². The summed E-state index contributed by atoms with van der Waals surface area (Å²) in [7, 11) is 0. The summed E-state index contributed by atoms with van der Waals surface area (Å²) in [5, 5.41) is 0. The largest absolute Gasteiger partial charge is 0.294 e. The van der Waals surface area contributed by atoms with Crippen molar-refractivity contribution in [1.29, 1.82) is 0 Å². The van der Waals surface area contributed by atoms with Gasteiger partial charge in [0.25, 0.3) is 0 Å². The molecule has 1 saturated heterocycles. The van der Waals surface area contributed by atoms with Gasteiger partial charge in [-0.1, -0.05) is 19.1 Å². The van der Waals surface area contributed by atoms with Gasteiger partial charge in [-0.3, -0.25) is 4.90 Å². The van der Waals surface area contributed by atoms with Crippen LogP contribution in [0.1, 0.15) is 39.5 Å². The van der Waals surface area contributed by atoms with Crippen molar-refractivity contribution in [3.05, 3.63) is 12.2 Å². The van der Waals surface area contributed by atoms with Crippen LogP contribution >= 0.6 is 0 Å². The molecule has 2 aliphatic rings. The van der Waals surface area contributed by atoms with E-state index in [1.807, 2.05) is 0 Å². The summed E-state index contributed by atoms with van der Waals surface area (Å²) in [6.07, 6.45) is 10.3. The van der Waals surface area contributed by atoms with Gasteiger partial charge < -0.3 is 0 Å². The molecular weight excluding hydrogens is 158 g/mol. The van der Waals surface area contributed by atoms with Crippen molar-refractivity contribution >= 4 is 0 Å². The Balaban J connectivity index is 2.00.